The molecule has 2 aromatic heterocycles. The van der Waals surface area contributed by atoms with E-state index in [1.807, 2.05) is 0 Å². The van der Waals surface area contributed by atoms with E-state index in [4.69, 9.17) is 9.36 Å². The van der Waals surface area contributed by atoms with Gasteiger partial charge in [-0.2, -0.15) is 10.0 Å². The van der Waals surface area contributed by atoms with Crippen LogP contribution in [0.1, 0.15) is 19.2 Å². The summed E-state index contributed by atoms with van der Waals surface area (Å²) in [6.07, 6.45) is 1.09. The second-order valence-electron chi connectivity index (χ2n) is 4.11. The second-order valence-corrected chi connectivity index (χ2v) is 5.00. The molecule has 2 heterocycles. The zero-order valence-corrected chi connectivity index (χ0v) is 13.0. The Morgan fingerprint density at radius 2 is 2.36 bits per heavy atom. The first-order valence-electron chi connectivity index (χ1n) is 6.53. The van der Waals surface area contributed by atoms with Gasteiger partial charge in [0.1, 0.15) is 5.00 Å². The van der Waals surface area contributed by atoms with Crippen molar-refractivity contribution in [3.05, 3.63) is 17.3 Å². The largest absolute Gasteiger partial charge is 0.469 e. The van der Waals surface area contributed by atoms with Crippen molar-refractivity contribution < 1.29 is 23.7 Å². The van der Waals surface area contributed by atoms with Crippen molar-refractivity contribution >= 4 is 28.7 Å². The molecule has 0 aliphatic heterocycles. The molecule has 8 nitrogen and oxygen atoms in total. The molecule has 0 aliphatic rings. The van der Waals surface area contributed by atoms with Crippen LogP contribution in [-0.2, 0) is 25.6 Å². The van der Waals surface area contributed by atoms with Crippen LogP contribution in [0.4, 0.5) is 5.00 Å². The third-order valence-corrected chi connectivity index (χ3v) is 3.57. The van der Waals surface area contributed by atoms with Gasteiger partial charge in [0.15, 0.2) is 0 Å². The number of aryl methyl sites for hydroxylation is 1. The highest BCUT2D eigenvalue weighted by Crippen LogP contribution is 2.29. The van der Waals surface area contributed by atoms with Crippen LogP contribution in [0, 0.1) is 0 Å². The lowest BCUT2D eigenvalue weighted by Crippen LogP contribution is -2.19. The number of methoxy groups -OCH3 is 1. The number of hydrogen-bond donors (Lipinski definition) is 0. The molecule has 0 radical (unpaired) electrons. The number of carbonyl (C=O) groups excluding carboxylic acids is 2. The van der Waals surface area contributed by atoms with E-state index < -0.39 is 0 Å². The fourth-order valence-corrected chi connectivity index (χ4v) is 2.44. The van der Waals surface area contributed by atoms with E-state index in [0.717, 1.165) is 5.06 Å². The Morgan fingerprint density at radius 3 is 3.05 bits per heavy atom. The fraction of sp³-hybridized carbons (Fsp3) is 0.385. The summed E-state index contributed by atoms with van der Waals surface area (Å²) in [5.74, 6) is 0.408. The van der Waals surface area contributed by atoms with E-state index in [9.17, 15) is 9.59 Å². The maximum atomic E-state index is 11.1. The highest BCUT2D eigenvalue weighted by molar-refractivity contribution is 7.14. The minimum Gasteiger partial charge on any atom is -0.469 e. The summed E-state index contributed by atoms with van der Waals surface area (Å²) >= 11 is 1.32. The van der Waals surface area contributed by atoms with Crippen molar-refractivity contribution in [2.75, 3.05) is 18.8 Å². The molecule has 0 aliphatic carbocycles. The normalized spacial score (nSPS) is 10.5. The number of amides is 1. The van der Waals surface area contributed by atoms with Crippen LogP contribution in [0.5, 0.6) is 0 Å². The molecule has 0 fully saturated rings. The average molecular weight is 325 g/mol. The Balaban J connectivity index is 2.06. The fourth-order valence-electron chi connectivity index (χ4n) is 1.63. The lowest BCUT2D eigenvalue weighted by Gasteiger charge is -2.12. The van der Waals surface area contributed by atoms with Crippen molar-refractivity contribution in [2.24, 2.45) is 0 Å². The van der Waals surface area contributed by atoms with Crippen LogP contribution in [0.3, 0.4) is 0 Å². The van der Waals surface area contributed by atoms with Gasteiger partial charge in [-0.1, -0.05) is 5.16 Å². The van der Waals surface area contributed by atoms with Gasteiger partial charge < -0.3 is 9.26 Å². The number of aromatic nitrogens is 2. The second kappa shape index (κ2) is 7.66. The van der Waals surface area contributed by atoms with Gasteiger partial charge in [-0.3, -0.25) is 14.4 Å². The quantitative estimate of drug-likeness (QED) is 0.415. The molecule has 118 valence electrons. The predicted octanol–water partition coefficient (Wildman–Crippen LogP) is 1.82. The topological polar surface area (TPSA) is 94.8 Å². The molecule has 9 heteroatoms. The number of carbonyl (C=O) groups is 2. The molecule has 2 aromatic rings. The molecule has 0 saturated carbocycles. The van der Waals surface area contributed by atoms with Gasteiger partial charge >= 0.3 is 5.97 Å². The smallest absolute Gasteiger partial charge is 0.306 e. The Bertz CT molecular complexity index is 639. The summed E-state index contributed by atoms with van der Waals surface area (Å²) in [7, 11) is 1.33. The Hall–Kier alpha value is -2.26. The summed E-state index contributed by atoms with van der Waals surface area (Å²) in [4.78, 5) is 31.4. The van der Waals surface area contributed by atoms with Crippen molar-refractivity contribution in [3.8, 4) is 11.4 Å². The predicted molar refractivity (Wildman–Crippen MR) is 78.1 cm³/mol. The SMILES string of the molecule is CCON(C=O)c1cc(-c2noc(CCC(=O)OC)n2)cs1. The maximum Gasteiger partial charge on any atom is 0.306 e. The number of esters is 1. The van der Waals surface area contributed by atoms with Gasteiger partial charge in [-0.15, -0.1) is 11.3 Å². The minimum atomic E-state index is -0.337. The van der Waals surface area contributed by atoms with E-state index in [1.54, 1.807) is 18.4 Å². The number of hydroxylamine groups is 1. The van der Waals surface area contributed by atoms with Gasteiger partial charge in [-0.25, -0.2) is 0 Å². The number of ether oxygens (including phenoxy) is 1. The third kappa shape index (κ3) is 3.89. The number of nitrogens with zero attached hydrogens (tertiary/aromatic N) is 3. The number of hydrogen-bond acceptors (Lipinski definition) is 8. The molecular weight excluding hydrogens is 310 g/mol. The van der Waals surface area contributed by atoms with Crippen LogP contribution in [0.25, 0.3) is 11.4 Å². The molecule has 0 unspecified atom stereocenters. The zero-order valence-electron chi connectivity index (χ0n) is 12.1. The summed E-state index contributed by atoms with van der Waals surface area (Å²) < 4.78 is 9.63. The van der Waals surface area contributed by atoms with E-state index in [0.29, 0.717) is 41.7 Å². The van der Waals surface area contributed by atoms with Crippen LogP contribution in [-0.4, -0.2) is 36.2 Å². The van der Waals surface area contributed by atoms with E-state index in [2.05, 4.69) is 14.9 Å². The van der Waals surface area contributed by atoms with Crippen LogP contribution >= 0.6 is 11.3 Å². The first kappa shape index (κ1) is 16.1. The maximum absolute atomic E-state index is 11.1. The molecule has 0 spiro atoms. The standard InChI is InChI=1S/C13H15N3O5S/c1-3-20-16(8-17)11-6-9(7-22-11)13-14-10(21-15-13)4-5-12(18)19-2/h6-8H,3-5H2,1-2H3. The molecule has 22 heavy (non-hydrogen) atoms. The number of thiophene rings is 1. The Labute approximate surface area is 130 Å². The van der Waals surface area contributed by atoms with Gasteiger partial charge in [-0.05, 0) is 13.0 Å². The Kier molecular flexibility index (Phi) is 5.61. The molecule has 2 rings (SSSR count). The minimum absolute atomic E-state index is 0.177. The lowest BCUT2D eigenvalue weighted by molar-refractivity contribution is -0.140. The zero-order chi connectivity index (χ0) is 15.9. The van der Waals surface area contributed by atoms with Gasteiger partial charge in [0.25, 0.3) is 0 Å². The van der Waals surface area contributed by atoms with E-state index in [-0.39, 0.29) is 12.4 Å². The number of anilines is 1. The van der Waals surface area contributed by atoms with Gasteiger partial charge in [0, 0.05) is 17.4 Å². The average Bonchev–Trinajstić information content (AvgIpc) is 3.19. The number of rotatable bonds is 8. The molecule has 0 saturated heterocycles. The summed E-state index contributed by atoms with van der Waals surface area (Å²) in [6.45, 7) is 2.17. The summed E-state index contributed by atoms with van der Waals surface area (Å²) in [6, 6.07) is 1.73. The van der Waals surface area contributed by atoms with Crippen molar-refractivity contribution in [3.63, 3.8) is 0 Å². The van der Waals surface area contributed by atoms with Crippen molar-refractivity contribution in [1.82, 2.24) is 10.1 Å². The van der Waals surface area contributed by atoms with Gasteiger partial charge in [0.05, 0.1) is 20.1 Å². The van der Waals surface area contributed by atoms with E-state index >= 15 is 0 Å². The molecule has 0 bridgehead atoms. The Morgan fingerprint density at radius 1 is 1.55 bits per heavy atom. The molecule has 0 N–H and O–H groups in total. The highest BCUT2D eigenvalue weighted by Gasteiger charge is 2.15. The van der Waals surface area contributed by atoms with Crippen molar-refractivity contribution in [2.45, 2.75) is 19.8 Å². The van der Waals surface area contributed by atoms with E-state index in [1.165, 1.54) is 18.4 Å². The third-order valence-electron chi connectivity index (χ3n) is 2.66. The molecule has 1 amide bonds. The summed E-state index contributed by atoms with van der Waals surface area (Å²) in [5.41, 5.74) is 0.708. The lowest BCUT2D eigenvalue weighted by atomic mass is 10.3. The van der Waals surface area contributed by atoms with Crippen LogP contribution in [0.15, 0.2) is 16.0 Å². The van der Waals surface area contributed by atoms with Gasteiger partial charge in [0.2, 0.25) is 18.1 Å². The first-order valence-corrected chi connectivity index (χ1v) is 7.41. The molecule has 0 atom stereocenters. The highest BCUT2D eigenvalue weighted by atomic mass is 32.1. The molecular formula is C13H15N3O5S. The summed E-state index contributed by atoms with van der Waals surface area (Å²) in [5, 5.41) is 7.41. The first-order chi connectivity index (χ1) is 10.7. The van der Waals surface area contributed by atoms with Crippen LogP contribution < -0.4 is 5.06 Å². The monoisotopic (exact) mass is 325 g/mol. The van der Waals surface area contributed by atoms with Crippen molar-refractivity contribution in [1.29, 1.82) is 0 Å². The molecule has 0 aromatic carbocycles. The van der Waals surface area contributed by atoms with Crippen LogP contribution in [0.2, 0.25) is 0 Å².